The lowest BCUT2D eigenvalue weighted by molar-refractivity contribution is -0.0297. The molecule has 2 saturated heterocycles. The average molecular weight is 185 g/mol. The highest BCUT2D eigenvalue weighted by Crippen LogP contribution is 2.13. The molecule has 0 saturated carbocycles. The summed E-state index contributed by atoms with van der Waals surface area (Å²) in [4.78, 5) is 0. The zero-order valence-electron chi connectivity index (χ0n) is 8.13. The van der Waals surface area contributed by atoms with E-state index in [2.05, 4.69) is 5.32 Å². The fourth-order valence-corrected chi connectivity index (χ4v) is 2.01. The molecule has 0 aromatic rings. The molecular weight excluding hydrogens is 166 g/mol. The molecule has 13 heavy (non-hydrogen) atoms. The third-order valence-corrected chi connectivity index (χ3v) is 2.76. The van der Waals surface area contributed by atoms with E-state index < -0.39 is 0 Å². The number of ether oxygens (including phenoxy) is 2. The van der Waals surface area contributed by atoms with Crippen LogP contribution in [-0.2, 0) is 9.47 Å². The van der Waals surface area contributed by atoms with Gasteiger partial charge in [-0.05, 0) is 32.1 Å². The Hall–Kier alpha value is -0.120. The Morgan fingerprint density at radius 3 is 2.69 bits per heavy atom. The molecule has 0 amide bonds. The van der Waals surface area contributed by atoms with E-state index in [0.29, 0.717) is 12.3 Å². The molecule has 0 bridgehead atoms. The van der Waals surface area contributed by atoms with Crippen LogP contribution in [0.5, 0.6) is 0 Å². The van der Waals surface area contributed by atoms with Gasteiger partial charge in [0.15, 0.2) is 0 Å². The van der Waals surface area contributed by atoms with Gasteiger partial charge in [-0.1, -0.05) is 0 Å². The smallest absolute Gasteiger partial charge is 0.108 e. The summed E-state index contributed by atoms with van der Waals surface area (Å²) < 4.78 is 11.0. The van der Waals surface area contributed by atoms with Gasteiger partial charge in [-0.25, -0.2) is 0 Å². The van der Waals surface area contributed by atoms with E-state index >= 15 is 0 Å². The summed E-state index contributed by atoms with van der Waals surface area (Å²) in [6, 6.07) is 0.525. The maximum Gasteiger partial charge on any atom is 0.108 e. The molecule has 2 atom stereocenters. The van der Waals surface area contributed by atoms with E-state index in [1.807, 2.05) is 0 Å². The van der Waals surface area contributed by atoms with E-state index in [-0.39, 0.29) is 0 Å². The van der Waals surface area contributed by atoms with Crippen LogP contribution in [0, 0.1) is 0 Å². The van der Waals surface area contributed by atoms with Crippen molar-refractivity contribution in [3.05, 3.63) is 0 Å². The molecule has 0 aromatic carbocycles. The number of rotatable bonds is 2. The molecule has 2 heterocycles. The number of hydrogen-bond donors (Lipinski definition) is 1. The van der Waals surface area contributed by atoms with Crippen LogP contribution in [0.3, 0.4) is 0 Å². The van der Waals surface area contributed by atoms with E-state index in [9.17, 15) is 0 Å². The predicted octanol–water partition coefficient (Wildman–Crippen LogP) is 1.28. The van der Waals surface area contributed by atoms with E-state index in [1.165, 1.54) is 25.7 Å². The number of nitrogens with one attached hydrogen (secondary N) is 1. The van der Waals surface area contributed by atoms with Gasteiger partial charge in [0.2, 0.25) is 0 Å². The molecule has 0 aromatic heterocycles. The zero-order chi connectivity index (χ0) is 8.93. The fourth-order valence-electron chi connectivity index (χ4n) is 2.01. The molecule has 0 aliphatic carbocycles. The first kappa shape index (κ1) is 9.44. The van der Waals surface area contributed by atoms with E-state index in [1.54, 1.807) is 0 Å². The maximum atomic E-state index is 5.61. The molecule has 0 spiro atoms. The molecule has 2 aliphatic heterocycles. The summed E-state index contributed by atoms with van der Waals surface area (Å²) >= 11 is 0. The van der Waals surface area contributed by atoms with E-state index in [4.69, 9.17) is 9.47 Å². The Morgan fingerprint density at radius 2 is 2.00 bits per heavy atom. The predicted molar refractivity (Wildman–Crippen MR) is 50.6 cm³/mol. The van der Waals surface area contributed by atoms with Gasteiger partial charge in [-0.15, -0.1) is 0 Å². The second-order valence-corrected chi connectivity index (χ2v) is 3.94. The molecule has 2 fully saturated rings. The normalized spacial score (nSPS) is 36.0. The molecule has 3 nitrogen and oxygen atoms in total. The molecule has 2 aliphatic rings. The highest BCUT2D eigenvalue weighted by Gasteiger charge is 2.20. The average Bonchev–Trinajstić information content (AvgIpc) is 2.21. The lowest BCUT2D eigenvalue weighted by atomic mass is 10.1. The van der Waals surface area contributed by atoms with Crippen LogP contribution in [0.4, 0.5) is 0 Å². The van der Waals surface area contributed by atoms with Gasteiger partial charge in [-0.2, -0.15) is 0 Å². The lowest BCUT2D eigenvalue weighted by Crippen LogP contribution is -2.45. The highest BCUT2D eigenvalue weighted by molar-refractivity contribution is 4.73. The van der Waals surface area contributed by atoms with Crippen LogP contribution in [0.1, 0.15) is 32.1 Å². The van der Waals surface area contributed by atoms with Crippen LogP contribution in [0.15, 0.2) is 0 Å². The van der Waals surface area contributed by atoms with Gasteiger partial charge in [-0.3, -0.25) is 5.32 Å². The summed E-state index contributed by atoms with van der Waals surface area (Å²) in [5.41, 5.74) is 0. The minimum absolute atomic E-state index is 0.292. The van der Waals surface area contributed by atoms with Crippen molar-refractivity contribution >= 4 is 0 Å². The van der Waals surface area contributed by atoms with Gasteiger partial charge in [0, 0.05) is 19.3 Å². The van der Waals surface area contributed by atoms with Gasteiger partial charge in [0.1, 0.15) is 6.23 Å². The van der Waals surface area contributed by atoms with Crippen LogP contribution >= 0.6 is 0 Å². The fraction of sp³-hybridized carbons (Fsp3) is 1.00. The van der Waals surface area contributed by atoms with Gasteiger partial charge >= 0.3 is 0 Å². The summed E-state index contributed by atoms with van der Waals surface area (Å²) in [6.45, 7) is 2.72. The first-order valence-corrected chi connectivity index (χ1v) is 5.40. The van der Waals surface area contributed by atoms with Crippen molar-refractivity contribution in [1.29, 1.82) is 0 Å². The van der Waals surface area contributed by atoms with Crippen molar-refractivity contribution in [2.75, 3.05) is 19.8 Å². The third-order valence-electron chi connectivity index (χ3n) is 2.76. The van der Waals surface area contributed by atoms with Crippen LogP contribution in [-0.4, -0.2) is 32.1 Å². The largest absolute Gasteiger partial charge is 0.380 e. The zero-order valence-corrected chi connectivity index (χ0v) is 8.13. The summed E-state index contributed by atoms with van der Waals surface area (Å²) in [6.07, 6.45) is 6.39. The first-order chi connectivity index (χ1) is 6.45. The Labute approximate surface area is 79.8 Å². The second-order valence-electron chi connectivity index (χ2n) is 3.94. The standard InChI is InChI=1S/C10H19NO2/c1-2-7-13-10(5-1)11-9-4-3-6-12-8-9/h9-11H,1-8H2. The minimum atomic E-state index is 0.292. The van der Waals surface area contributed by atoms with Crippen molar-refractivity contribution in [3.63, 3.8) is 0 Å². The van der Waals surface area contributed by atoms with E-state index in [0.717, 1.165) is 26.2 Å². The molecule has 76 valence electrons. The Kier molecular flexibility index (Phi) is 3.58. The summed E-state index contributed by atoms with van der Waals surface area (Å²) in [7, 11) is 0. The molecule has 0 radical (unpaired) electrons. The highest BCUT2D eigenvalue weighted by atomic mass is 16.5. The second kappa shape index (κ2) is 4.94. The third kappa shape index (κ3) is 2.93. The maximum absolute atomic E-state index is 5.61. The first-order valence-electron chi connectivity index (χ1n) is 5.40. The molecule has 2 unspecified atom stereocenters. The summed E-state index contributed by atoms with van der Waals surface area (Å²) in [5.74, 6) is 0. The summed E-state index contributed by atoms with van der Waals surface area (Å²) in [5, 5.41) is 3.51. The van der Waals surface area contributed by atoms with Crippen molar-refractivity contribution in [3.8, 4) is 0 Å². The van der Waals surface area contributed by atoms with Gasteiger partial charge in [0.05, 0.1) is 6.61 Å². The molecule has 3 heteroatoms. The van der Waals surface area contributed by atoms with Crippen molar-refractivity contribution in [2.45, 2.75) is 44.4 Å². The lowest BCUT2D eigenvalue weighted by Gasteiger charge is -2.30. The molecule has 1 N–H and O–H groups in total. The van der Waals surface area contributed by atoms with Crippen LogP contribution in [0.2, 0.25) is 0 Å². The molecule has 2 rings (SSSR count). The quantitative estimate of drug-likeness (QED) is 0.703. The number of hydrogen-bond acceptors (Lipinski definition) is 3. The van der Waals surface area contributed by atoms with Crippen molar-refractivity contribution < 1.29 is 9.47 Å². The Balaban J connectivity index is 1.69. The van der Waals surface area contributed by atoms with Crippen LogP contribution in [0.25, 0.3) is 0 Å². The molecular formula is C10H19NO2. The Bertz CT molecular complexity index is 124. The van der Waals surface area contributed by atoms with Crippen molar-refractivity contribution in [1.82, 2.24) is 5.32 Å². The van der Waals surface area contributed by atoms with Crippen molar-refractivity contribution in [2.24, 2.45) is 0 Å². The SMILES string of the molecule is C1CCC(NC2CCCOC2)OC1. The minimum Gasteiger partial charge on any atom is -0.380 e. The van der Waals surface area contributed by atoms with Gasteiger partial charge in [0.25, 0.3) is 0 Å². The topological polar surface area (TPSA) is 30.5 Å². The monoisotopic (exact) mass is 185 g/mol. The Morgan fingerprint density at radius 1 is 1.00 bits per heavy atom. The van der Waals surface area contributed by atoms with Crippen LogP contribution < -0.4 is 5.32 Å². The van der Waals surface area contributed by atoms with Gasteiger partial charge < -0.3 is 9.47 Å².